The SMILES string of the molecule is COc1cccc(CC(C)=CCCNCC(C)C)c1. The highest BCUT2D eigenvalue weighted by molar-refractivity contribution is 5.30. The zero-order valence-electron chi connectivity index (χ0n) is 12.7. The molecule has 2 nitrogen and oxygen atoms in total. The molecule has 0 aliphatic rings. The normalized spacial score (nSPS) is 11.9. The average Bonchev–Trinajstić information content (AvgIpc) is 2.38. The lowest BCUT2D eigenvalue weighted by Crippen LogP contribution is -2.20. The molecule has 0 bridgehead atoms. The van der Waals surface area contributed by atoms with Crippen molar-refractivity contribution >= 4 is 0 Å². The highest BCUT2D eigenvalue weighted by Gasteiger charge is 1.97. The number of benzene rings is 1. The van der Waals surface area contributed by atoms with Crippen molar-refractivity contribution in [1.29, 1.82) is 0 Å². The lowest BCUT2D eigenvalue weighted by Gasteiger charge is -2.07. The molecule has 0 unspecified atom stereocenters. The lowest BCUT2D eigenvalue weighted by atomic mass is 10.1. The van der Waals surface area contributed by atoms with Crippen molar-refractivity contribution in [3.63, 3.8) is 0 Å². The Labute approximate surface area is 117 Å². The molecule has 0 heterocycles. The van der Waals surface area contributed by atoms with E-state index in [1.807, 2.05) is 12.1 Å². The van der Waals surface area contributed by atoms with Crippen molar-refractivity contribution in [2.24, 2.45) is 5.92 Å². The summed E-state index contributed by atoms with van der Waals surface area (Å²) in [6.07, 6.45) is 4.43. The zero-order chi connectivity index (χ0) is 14.1. The molecule has 0 fully saturated rings. The Bertz CT molecular complexity index is 396. The standard InChI is InChI=1S/C17H27NO/c1-14(2)13-18-10-6-7-15(3)11-16-8-5-9-17(12-16)19-4/h5,7-9,12,14,18H,6,10-11,13H2,1-4H3. The fourth-order valence-electron chi connectivity index (χ4n) is 1.99. The maximum atomic E-state index is 5.24. The Morgan fingerprint density at radius 3 is 2.84 bits per heavy atom. The van der Waals surface area contributed by atoms with Gasteiger partial charge in [-0.05, 0) is 56.5 Å². The van der Waals surface area contributed by atoms with E-state index in [4.69, 9.17) is 4.74 Å². The monoisotopic (exact) mass is 261 g/mol. The van der Waals surface area contributed by atoms with Gasteiger partial charge in [-0.1, -0.05) is 37.6 Å². The van der Waals surface area contributed by atoms with Gasteiger partial charge in [0.05, 0.1) is 7.11 Å². The van der Waals surface area contributed by atoms with Crippen LogP contribution in [0.25, 0.3) is 0 Å². The first kappa shape index (κ1) is 15.8. The molecule has 19 heavy (non-hydrogen) atoms. The molecule has 1 N–H and O–H groups in total. The lowest BCUT2D eigenvalue weighted by molar-refractivity contribution is 0.414. The van der Waals surface area contributed by atoms with E-state index in [-0.39, 0.29) is 0 Å². The molecule has 0 aliphatic heterocycles. The highest BCUT2D eigenvalue weighted by atomic mass is 16.5. The Morgan fingerprint density at radius 2 is 2.16 bits per heavy atom. The van der Waals surface area contributed by atoms with Crippen LogP contribution >= 0.6 is 0 Å². The van der Waals surface area contributed by atoms with Crippen LogP contribution in [-0.2, 0) is 6.42 Å². The molecule has 0 atom stereocenters. The number of methoxy groups -OCH3 is 1. The van der Waals surface area contributed by atoms with Crippen molar-refractivity contribution < 1.29 is 4.74 Å². The molecular weight excluding hydrogens is 234 g/mol. The molecule has 0 spiro atoms. The predicted octanol–water partition coefficient (Wildman–Crippen LogP) is 3.82. The third-order valence-corrected chi connectivity index (χ3v) is 2.98. The van der Waals surface area contributed by atoms with E-state index in [0.717, 1.165) is 37.6 Å². The number of hydrogen-bond acceptors (Lipinski definition) is 2. The van der Waals surface area contributed by atoms with Gasteiger partial charge >= 0.3 is 0 Å². The number of allylic oxidation sites excluding steroid dienone is 1. The average molecular weight is 261 g/mol. The van der Waals surface area contributed by atoms with Crippen LogP contribution in [0.2, 0.25) is 0 Å². The number of ether oxygens (including phenoxy) is 1. The van der Waals surface area contributed by atoms with Crippen molar-refractivity contribution in [2.75, 3.05) is 20.2 Å². The van der Waals surface area contributed by atoms with Crippen LogP contribution in [-0.4, -0.2) is 20.2 Å². The Balaban J connectivity index is 2.34. The summed E-state index contributed by atoms with van der Waals surface area (Å²) in [7, 11) is 1.71. The van der Waals surface area contributed by atoms with Crippen LogP contribution in [0.1, 0.15) is 32.8 Å². The molecule has 0 amide bonds. The molecule has 1 aromatic carbocycles. The van der Waals surface area contributed by atoms with E-state index >= 15 is 0 Å². The first-order valence-electron chi connectivity index (χ1n) is 7.11. The molecule has 0 aliphatic carbocycles. The van der Waals surface area contributed by atoms with E-state index in [1.54, 1.807) is 7.11 Å². The van der Waals surface area contributed by atoms with Crippen molar-refractivity contribution in [1.82, 2.24) is 5.32 Å². The molecule has 106 valence electrons. The van der Waals surface area contributed by atoms with Crippen LogP contribution in [0, 0.1) is 5.92 Å². The van der Waals surface area contributed by atoms with Gasteiger partial charge in [0.2, 0.25) is 0 Å². The summed E-state index contributed by atoms with van der Waals surface area (Å²) in [5.74, 6) is 1.66. The fourth-order valence-corrected chi connectivity index (χ4v) is 1.99. The van der Waals surface area contributed by atoms with Crippen molar-refractivity contribution in [2.45, 2.75) is 33.6 Å². The van der Waals surface area contributed by atoms with Gasteiger partial charge < -0.3 is 10.1 Å². The quantitative estimate of drug-likeness (QED) is 0.567. The fraction of sp³-hybridized carbons (Fsp3) is 0.529. The van der Waals surface area contributed by atoms with Gasteiger partial charge in [-0.2, -0.15) is 0 Å². The van der Waals surface area contributed by atoms with E-state index in [2.05, 4.69) is 44.3 Å². The Hall–Kier alpha value is -1.28. The second kappa shape index (κ2) is 8.76. The number of rotatable bonds is 8. The molecule has 0 aromatic heterocycles. The van der Waals surface area contributed by atoms with Crippen LogP contribution in [0.5, 0.6) is 5.75 Å². The topological polar surface area (TPSA) is 21.3 Å². The summed E-state index contributed by atoms with van der Waals surface area (Å²) in [5, 5.41) is 3.46. The van der Waals surface area contributed by atoms with Gasteiger partial charge in [0.15, 0.2) is 0 Å². The summed E-state index contributed by atoms with van der Waals surface area (Å²) >= 11 is 0. The van der Waals surface area contributed by atoms with Crippen molar-refractivity contribution in [3.8, 4) is 5.75 Å². The second-order valence-electron chi connectivity index (χ2n) is 5.47. The first-order valence-corrected chi connectivity index (χ1v) is 7.11. The first-order chi connectivity index (χ1) is 9.11. The molecule has 2 heteroatoms. The van der Waals surface area contributed by atoms with Crippen LogP contribution < -0.4 is 10.1 Å². The minimum absolute atomic E-state index is 0.724. The summed E-state index contributed by atoms with van der Waals surface area (Å²) in [5.41, 5.74) is 2.72. The van der Waals surface area contributed by atoms with E-state index in [0.29, 0.717) is 0 Å². The van der Waals surface area contributed by atoms with Crippen molar-refractivity contribution in [3.05, 3.63) is 41.5 Å². The third kappa shape index (κ3) is 7.02. The molecule has 1 rings (SSSR count). The molecule has 0 saturated heterocycles. The maximum absolute atomic E-state index is 5.24. The van der Waals surface area contributed by atoms with E-state index in [9.17, 15) is 0 Å². The predicted molar refractivity (Wildman–Crippen MR) is 82.8 cm³/mol. The smallest absolute Gasteiger partial charge is 0.119 e. The molecule has 0 radical (unpaired) electrons. The number of hydrogen-bond donors (Lipinski definition) is 1. The maximum Gasteiger partial charge on any atom is 0.119 e. The Kier molecular flexibility index (Phi) is 7.27. The van der Waals surface area contributed by atoms with Crippen LogP contribution in [0.3, 0.4) is 0 Å². The summed E-state index contributed by atoms with van der Waals surface area (Å²) < 4.78 is 5.24. The van der Waals surface area contributed by atoms with Crippen LogP contribution in [0.15, 0.2) is 35.9 Å². The molecule has 1 aromatic rings. The Morgan fingerprint density at radius 1 is 1.37 bits per heavy atom. The van der Waals surface area contributed by atoms with Gasteiger partial charge in [-0.25, -0.2) is 0 Å². The van der Waals surface area contributed by atoms with Gasteiger partial charge in [-0.15, -0.1) is 0 Å². The zero-order valence-corrected chi connectivity index (χ0v) is 12.7. The van der Waals surface area contributed by atoms with E-state index in [1.165, 1.54) is 11.1 Å². The summed E-state index contributed by atoms with van der Waals surface area (Å²) in [4.78, 5) is 0. The van der Waals surface area contributed by atoms with E-state index < -0.39 is 0 Å². The van der Waals surface area contributed by atoms with Gasteiger partial charge in [0.25, 0.3) is 0 Å². The summed E-state index contributed by atoms with van der Waals surface area (Å²) in [6, 6.07) is 8.29. The molecule has 0 saturated carbocycles. The van der Waals surface area contributed by atoms with Crippen LogP contribution in [0.4, 0.5) is 0 Å². The van der Waals surface area contributed by atoms with Gasteiger partial charge in [-0.3, -0.25) is 0 Å². The minimum atomic E-state index is 0.724. The summed E-state index contributed by atoms with van der Waals surface area (Å²) in [6.45, 7) is 8.83. The minimum Gasteiger partial charge on any atom is -0.497 e. The third-order valence-electron chi connectivity index (χ3n) is 2.98. The largest absolute Gasteiger partial charge is 0.497 e. The highest BCUT2D eigenvalue weighted by Crippen LogP contribution is 2.15. The van der Waals surface area contributed by atoms with Gasteiger partial charge in [0, 0.05) is 0 Å². The van der Waals surface area contributed by atoms with Gasteiger partial charge in [0.1, 0.15) is 5.75 Å². The second-order valence-corrected chi connectivity index (χ2v) is 5.47. The number of nitrogens with one attached hydrogen (secondary N) is 1. The molecular formula is C17H27NO.